The van der Waals surface area contributed by atoms with E-state index < -0.39 is 124 Å². The van der Waals surface area contributed by atoms with Gasteiger partial charge in [-0.15, -0.1) is 0 Å². The van der Waals surface area contributed by atoms with Crippen molar-refractivity contribution < 1.29 is 89.4 Å². The molecule has 17 unspecified atom stereocenters. The number of aliphatic hydroxyl groups excluding tert-OH is 11. The molecule has 19 heteroatoms. The number of nitrogens with one attached hydrogen (secondary N) is 1. The Hall–Kier alpha value is -3.29. The van der Waals surface area contributed by atoms with E-state index in [1.807, 2.05) is 6.08 Å². The summed E-state index contributed by atoms with van der Waals surface area (Å²) < 4.78 is 34.2. The summed E-state index contributed by atoms with van der Waals surface area (Å²) in [5.41, 5.74) is 0. The number of hydrogen-bond acceptors (Lipinski definition) is 18. The number of allylic oxidation sites excluding steroid dienone is 15. The van der Waals surface area contributed by atoms with E-state index in [1.54, 1.807) is 6.08 Å². The van der Waals surface area contributed by atoms with Gasteiger partial charge in [0.15, 0.2) is 18.9 Å². The molecule has 3 aliphatic heterocycles. The molecular formula is C69H117NO18. The van der Waals surface area contributed by atoms with Crippen molar-refractivity contribution in [3.05, 3.63) is 97.2 Å². The topological polar surface area (TPSA) is 307 Å². The second kappa shape index (κ2) is 50.3. The van der Waals surface area contributed by atoms with Gasteiger partial charge in [0.2, 0.25) is 5.91 Å². The van der Waals surface area contributed by atoms with Crippen LogP contribution in [0.15, 0.2) is 97.2 Å². The standard InChI is InChI=1S/C69H117NO18/c1-3-5-7-9-11-13-14-15-16-17-18-19-20-21-22-23-24-25-26-27-28-29-30-31-32-33-34-35-36-37-38-39-41-43-45-47-57(75)70-52(53(74)46-44-42-40-12-10-8-6-4-2)51-83-67-63(81)60(78)65(55(49-72)85-67)88-69-64(82)61(79)66(56(50-73)86-69)87-68-62(80)59(77)58(76)54(48-71)84-68/h5,7,11,13,15-16,18-19,21-22,24-25,27-28,44,46,52-56,58-69,71-74,76-82H,3-4,6,8-10,12,14,17,20,23,26,29-43,45,47-51H2,1-2H3,(H,70,75)/b7-5-,13-11-,16-15-,19-18-,22-21-,25-24-,28-27-,46-44+. The average molecular weight is 1250 g/mol. The van der Waals surface area contributed by atoms with Crippen LogP contribution in [0.25, 0.3) is 0 Å². The molecule has 0 aromatic carbocycles. The van der Waals surface area contributed by atoms with Crippen LogP contribution in [0.2, 0.25) is 0 Å². The molecule has 3 heterocycles. The predicted molar refractivity (Wildman–Crippen MR) is 341 cm³/mol. The van der Waals surface area contributed by atoms with E-state index in [0.29, 0.717) is 6.42 Å². The molecule has 1 amide bonds. The number of carbonyl (C=O) groups is 1. The van der Waals surface area contributed by atoms with Gasteiger partial charge in [-0.3, -0.25) is 4.79 Å². The maximum Gasteiger partial charge on any atom is 0.220 e. The lowest BCUT2D eigenvalue weighted by Gasteiger charge is -2.48. The number of hydrogen-bond donors (Lipinski definition) is 12. The molecule has 0 radical (unpaired) electrons. The highest BCUT2D eigenvalue weighted by Crippen LogP contribution is 2.33. The fraction of sp³-hybridized carbons (Fsp3) is 0.754. The van der Waals surface area contributed by atoms with E-state index in [1.165, 1.54) is 64.2 Å². The molecule has 0 aliphatic carbocycles. The first-order chi connectivity index (χ1) is 42.8. The van der Waals surface area contributed by atoms with Gasteiger partial charge in [-0.2, -0.15) is 0 Å². The van der Waals surface area contributed by atoms with Gasteiger partial charge in [-0.1, -0.05) is 214 Å². The molecule has 3 saturated heterocycles. The SMILES string of the molecule is CC/C=C\C/C=C\C/C=C\C/C=C\C/C=C\C/C=C\C/C=C\CCCCCCCCCCCCCCCC(=O)NC(COC1OC(CO)C(OC2OC(CO)C(OC3OC(CO)C(O)C(O)C3O)C(O)C2O)C(O)C1O)C(O)/C=C/CCCCCCCC. The van der Waals surface area contributed by atoms with Gasteiger partial charge >= 0.3 is 0 Å². The van der Waals surface area contributed by atoms with E-state index >= 15 is 0 Å². The minimum atomic E-state index is -1.98. The lowest BCUT2D eigenvalue weighted by molar-refractivity contribution is -0.379. The van der Waals surface area contributed by atoms with Crippen LogP contribution in [0, 0.1) is 0 Å². The van der Waals surface area contributed by atoms with Crippen LogP contribution in [0.5, 0.6) is 0 Å². The smallest absolute Gasteiger partial charge is 0.220 e. The maximum absolute atomic E-state index is 13.3. The Morgan fingerprint density at radius 1 is 0.420 bits per heavy atom. The summed E-state index contributed by atoms with van der Waals surface area (Å²) in [7, 11) is 0. The first-order valence-corrected chi connectivity index (χ1v) is 33.5. The van der Waals surface area contributed by atoms with E-state index in [0.717, 1.165) is 109 Å². The van der Waals surface area contributed by atoms with Crippen LogP contribution in [0.4, 0.5) is 0 Å². The Morgan fingerprint density at radius 2 is 0.784 bits per heavy atom. The zero-order valence-corrected chi connectivity index (χ0v) is 53.2. The van der Waals surface area contributed by atoms with Gasteiger partial charge in [0, 0.05) is 6.42 Å². The van der Waals surface area contributed by atoms with Crippen molar-refractivity contribution in [3.63, 3.8) is 0 Å². The molecule has 0 aromatic rings. The highest BCUT2D eigenvalue weighted by atomic mass is 16.8. The summed E-state index contributed by atoms with van der Waals surface area (Å²) >= 11 is 0. The second-order valence-electron chi connectivity index (χ2n) is 23.6. The third-order valence-electron chi connectivity index (χ3n) is 16.1. The van der Waals surface area contributed by atoms with Crippen molar-refractivity contribution in [3.8, 4) is 0 Å². The lowest BCUT2D eigenvalue weighted by atomic mass is 9.96. The first kappa shape index (κ1) is 78.9. The van der Waals surface area contributed by atoms with Crippen LogP contribution in [0.3, 0.4) is 0 Å². The molecule has 0 bridgehead atoms. The van der Waals surface area contributed by atoms with Crippen molar-refractivity contribution in [1.29, 1.82) is 0 Å². The number of carbonyl (C=O) groups excluding carboxylic acids is 1. The summed E-state index contributed by atoms with van der Waals surface area (Å²) in [6.45, 7) is 1.54. The highest BCUT2D eigenvalue weighted by molar-refractivity contribution is 5.76. The van der Waals surface area contributed by atoms with Crippen LogP contribution in [-0.2, 0) is 33.2 Å². The largest absolute Gasteiger partial charge is 0.394 e. The zero-order valence-electron chi connectivity index (χ0n) is 53.2. The molecule has 0 saturated carbocycles. The molecule has 17 atom stereocenters. The average Bonchev–Trinajstić information content (AvgIpc) is 1.15. The normalized spacial score (nSPS) is 29.0. The second-order valence-corrected chi connectivity index (χ2v) is 23.6. The Bertz CT molecular complexity index is 1970. The third-order valence-corrected chi connectivity index (χ3v) is 16.1. The van der Waals surface area contributed by atoms with E-state index in [2.05, 4.69) is 104 Å². The summed E-state index contributed by atoms with van der Waals surface area (Å²) in [5, 5.41) is 120. The van der Waals surface area contributed by atoms with Gasteiger partial charge in [0.05, 0.1) is 38.6 Å². The molecular weight excluding hydrogens is 1130 g/mol. The molecule has 19 nitrogen and oxygen atoms in total. The van der Waals surface area contributed by atoms with Crippen molar-refractivity contribution >= 4 is 5.91 Å². The van der Waals surface area contributed by atoms with Gasteiger partial charge in [0.25, 0.3) is 0 Å². The number of aliphatic hydroxyl groups is 11. The molecule has 0 aromatic heterocycles. The fourth-order valence-electron chi connectivity index (χ4n) is 10.7. The van der Waals surface area contributed by atoms with Crippen LogP contribution in [-0.4, -0.2) is 193 Å². The lowest BCUT2D eigenvalue weighted by Crippen LogP contribution is -2.66. The zero-order chi connectivity index (χ0) is 64.0. The minimum Gasteiger partial charge on any atom is -0.394 e. The van der Waals surface area contributed by atoms with Crippen molar-refractivity contribution in [2.24, 2.45) is 0 Å². The Balaban J connectivity index is 1.32. The quantitative estimate of drug-likeness (QED) is 0.0202. The van der Waals surface area contributed by atoms with E-state index in [-0.39, 0.29) is 18.9 Å². The summed E-state index contributed by atoms with van der Waals surface area (Å²) in [4.78, 5) is 13.3. The van der Waals surface area contributed by atoms with Crippen molar-refractivity contribution in [2.75, 3.05) is 26.4 Å². The number of amides is 1. The minimum absolute atomic E-state index is 0.236. The number of rotatable bonds is 49. The highest BCUT2D eigenvalue weighted by Gasteiger charge is 2.53. The van der Waals surface area contributed by atoms with Crippen LogP contribution in [0.1, 0.15) is 200 Å². The van der Waals surface area contributed by atoms with Gasteiger partial charge in [-0.25, -0.2) is 0 Å². The van der Waals surface area contributed by atoms with E-state index in [9.17, 15) is 61.0 Å². The monoisotopic (exact) mass is 1250 g/mol. The Kier molecular flexibility index (Phi) is 45.1. The Morgan fingerprint density at radius 3 is 1.23 bits per heavy atom. The van der Waals surface area contributed by atoms with Crippen LogP contribution < -0.4 is 5.32 Å². The number of ether oxygens (including phenoxy) is 6. The number of unbranched alkanes of at least 4 members (excludes halogenated alkanes) is 19. The third kappa shape index (κ3) is 32.3. The van der Waals surface area contributed by atoms with Gasteiger partial charge < -0.3 is 89.9 Å². The molecule has 3 aliphatic rings. The molecule has 3 fully saturated rings. The summed E-state index contributed by atoms with van der Waals surface area (Å²) in [6.07, 6.45) is 38.6. The molecule has 88 heavy (non-hydrogen) atoms. The van der Waals surface area contributed by atoms with Crippen molar-refractivity contribution in [1.82, 2.24) is 5.32 Å². The fourth-order valence-corrected chi connectivity index (χ4v) is 10.7. The predicted octanol–water partition coefficient (Wildman–Crippen LogP) is 8.10. The van der Waals surface area contributed by atoms with Gasteiger partial charge in [-0.05, 0) is 77.0 Å². The van der Waals surface area contributed by atoms with Crippen molar-refractivity contribution in [2.45, 2.75) is 304 Å². The molecule has 3 rings (SSSR count). The van der Waals surface area contributed by atoms with Gasteiger partial charge in [0.1, 0.15) is 73.2 Å². The first-order valence-electron chi connectivity index (χ1n) is 33.5. The summed E-state index contributed by atoms with van der Waals surface area (Å²) in [5.74, 6) is -0.285. The molecule has 506 valence electrons. The molecule has 12 N–H and O–H groups in total. The maximum atomic E-state index is 13.3. The van der Waals surface area contributed by atoms with E-state index in [4.69, 9.17) is 28.4 Å². The Labute approximate surface area is 526 Å². The summed E-state index contributed by atoms with van der Waals surface area (Å²) in [6, 6.07) is -0.976. The molecule has 0 spiro atoms. The van der Waals surface area contributed by atoms with Crippen LogP contribution >= 0.6 is 0 Å².